The second-order valence-electron chi connectivity index (χ2n) is 0.519. The number of carboxylic acids is 1. The fourth-order valence-corrected chi connectivity index (χ4v) is 0. The molecule has 0 aliphatic heterocycles. The molecule has 40 valence electrons. The molecule has 0 aliphatic rings. The van der Waals surface area contributed by atoms with E-state index in [4.69, 9.17) is 9.90 Å². The summed E-state index contributed by atoms with van der Waals surface area (Å²) in [5.41, 5.74) is 0. The molecule has 3 N–H and O–H groups in total. The first kappa shape index (κ1) is 34.3. The number of aliphatic carboxylic acids is 1. The van der Waals surface area contributed by atoms with Gasteiger partial charge in [0.2, 0.25) is 0 Å². The molecule has 0 aromatic rings. The topological polar surface area (TPSA) is 97.3 Å². The van der Waals surface area contributed by atoms with Gasteiger partial charge in [-0.25, -0.2) is 0 Å². The summed E-state index contributed by atoms with van der Waals surface area (Å²) in [5, 5.41) is 7.42. The molecule has 0 saturated carbocycles. The molecule has 0 saturated heterocycles. The van der Waals surface area contributed by atoms with E-state index in [2.05, 4.69) is 0 Å². The molecular weight excluding hydrogens is 134 g/mol. The van der Waals surface area contributed by atoms with E-state index in [0.717, 1.165) is 6.92 Å². The Kier molecular flexibility index (Phi) is 102. The Hall–Kier alpha value is 1.39. The van der Waals surface area contributed by atoms with Crippen molar-refractivity contribution in [3.63, 3.8) is 0 Å². The molecule has 0 aromatic carbocycles. The standard InChI is InChI=1S/C2H4O2.2Na.2H2O/c1-2(3)4;;;;/h1H3,(H,3,4);;;2*1H2/q;2*+1;;/p-2. The van der Waals surface area contributed by atoms with E-state index in [-0.39, 0.29) is 70.1 Å². The minimum atomic E-state index is -0.833. The van der Waals surface area contributed by atoms with Crippen LogP contribution in [-0.4, -0.2) is 22.0 Å². The normalized spacial score (nSPS) is 3.12. The van der Waals surface area contributed by atoms with E-state index in [1.807, 2.05) is 0 Å². The maximum absolute atomic E-state index is 9.00. The molecule has 0 amide bonds. The maximum atomic E-state index is 9.00. The average molecular weight is 140 g/mol. The summed E-state index contributed by atoms with van der Waals surface area (Å²) in [6, 6.07) is 0. The first-order valence-electron chi connectivity index (χ1n) is 0.928. The van der Waals surface area contributed by atoms with Crippen LogP contribution >= 0.6 is 0 Å². The Labute approximate surface area is 91.8 Å². The molecule has 0 radical (unpaired) electrons. The monoisotopic (exact) mass is 140 g/mol. The third kappa shape index (κ3) is 156. The predicted molar refractivity (Wildman–Crippen MR) is 17.2 cm³/mol. The summed E-state index contributed by atoms with van der Waals surface area (Å²) < 4.78 is 0. The minimum Gasteiger partial charge on any atom is -0.870 e. The van der Waals surface area contributed by atoms with Gasteiger partial charge in [0.25, 0.3) is 5.97 Å². The Morgan fingerprint density at radius 1 is 1.25 bits per heavy atom. The van der Waals surface area contributed by atoms with Crippen LogP contribution in [0.25, 0.3) is 0 Å². The summed E-state index contributed by atoms with van der Waals surface area (Å²) >= 11 is 0. The molecule has 0 heterocycles. The van der Waals surface area contributed by atoms with Gasteiger partial charge in [0.05, 0.1) is 0 Å². The number of rotatable bonds is 0. The van der Waals surface area contributed by atoms with Gasteiger partial charge in [-0.05, 0) is 0 Å². The van der Waals surface area contributed by atoms with E-state index in [1.165, 1.54) is 0 Å². The third-order valence-corrected chi connectivity index (χ3v) is 0. The maximum Gasteiger partial charge on any atom is 1.00 e. The second kappa shape index (κ2) is 23.8. The van der Waals surface area contributed by atoms with Crippen molar-refractivity contribution in [2.45, 2.75) is 6.92 Å². The largest absolute Gasteiger partial charge is 1.00 e. The zero-order chi connectivity index (χ0) is 3.58. The van der Waals surface area contributed by atoms with Crippen molar-refractivity contribution in [2.75, 3.05) is 0 Å². The van der Waals surface area contributed by atoms with Gasteiger partial charge < -0.3 is 16.1 Å². The first-order chi connectivity index (χ1) is 1.73. The van der Waals surface area contributed by atoms with Crippen molar-refractivity contribution in [3.05, 3.63) is 0 Å². The van der Waals surface area contributed by atoms with Gasteiger partial charge in [-0.1, -0.05) is 0 Å². The van der Waals surface area contributed by atoms with Crippen LogP contribution in [0.4, 0.5) is 0 Å². The molecule has 0 atom stereocenters. The molecule has 0 rings (SSSR count). The van der Waals surface area contributed by atoms with Crippen molar-refractivity contribution < 1.29 is 80.0 Å². The molecule has 0 aliphatic carbocycles. The predicted octanol–water partition coefficient (Wildman–Crippen LogP) is -6.25. The van der Waals surface area contributed by atoms with Gasteiger partial charge in [0.1, 0.15) is 0 Å². The molecule has 6 heteroatoms. The molecule has 0 spiro atoms. The fraction of sp³-hybridized carbons (Fsp3) is 0.500. The number of carbonyl (C=O) groups is 1. The molecule has 0 fully saturated rings. The van der Waals surface area contributed by atoms with Crippen LogP contribution in [0.15, 0.2) is 0 Å². The number of hydrogen-bond acceptors (Lipinski definition) is 3. The Morgan fingerprint density at radius 3 is 1.25 bits per heavy atom. The second-order valence-corrected chi connectivity index (χ2v) is 0.519. The van der Waals surface area contributed by atoms with E-state index in [9.17, 15) is 0 Å². The number of carboxylic acid groups (broad SMARTS) is 1. The molecule has 4 nitrogen and oxygen atoms in total. The average Bonchev–Trinajstić information content (AvgIpc) is 0.811. The summed E-state index contributed by atoms with van der Waals surface area (Å²) in [7, 11) is 0. The van der Waals surface area contributed by atoms with Crippen LogP contribution < -0.4 is 59.1 Å². The van der Waals surface area contributed by atoms with Crippen LogP contribution in [0.2, 0.25) is 0 Å². The Balaban J connectivity index is -0.00000000750. The zero-order valence-corrected chi connectivity index (χ0v) is 9.25. The summed E-state index contributed by atoms with van der Waals surface area (Å²) in [5.74, 6) is -0.833. The summed E-state index contributed by atoms with van der Waals surface area (Å²) in [6.45, 7) is 1.08. The minimum absolute atomic E-state index is 0. The Bertz CT molecular complexity index is 35.0. The van der Waals surface area contributed by atoms with E-state index in [1.54, 1.807) is 0 Å². The summed E-state index contributed by atoms with van der Waals surface area (Å²) in [4.78, 5) is 9.00. The van der Waals surface area contributed by atoms with Gasteiger partial charge in [0.15, 0.2) is 0 Å². The SMILES string of the molecule is CC(=O)O.[Na+].[Na+].[OH-].[OH-]. The fourth-order valence-electron chi connectivity index (χ4n) is 0. The zero-order valence-electron chi connectivity index (χ0n) is 5.25. The van der Waals surface area contributed by atoms with Crippen molar-refractivity contribution in [1.29, 1.82) is 0 Å². The van der Waals surface area contributed by atoms with Crippen LogP contribution in [0, 0.1) is 0 Å². The van der Waals surface area contributed by atoms with Crippen LogP contribution in [0.5, 0.6) is 0 Å². The first-order valence-corrected chi connectivity index (χ1v) is 0.928. The van der Waals surface area contributed by atoms with E-state index < -0.39 is 5.97 Å². The number of hydrogen-bond donors (Lipinski definition) is 1. The van der Waals surface area contributed by atoms with E-state index >= 15 is 0 Å². The smallest absolute Gasteiger partial charge is 0.870 e. The van der Waals surface area contributed by atoms with Crippen molar-refractivity contribution in [1.82, 2.24) is 0 Å². The van der Waals surface area contributed by atoms with Crippen LogP contribution in [-0.2, 0) is 4.79 Å². The van der Waals surface area contributed by atoms with Gasteiger partial charge >= 0.3 is 59.1 Å². The van der Waals surface area contributed by atoms with Gasteiger partial charge in [0, 0.05) is 6.92 Å². The third-order valence-electron chi connectivity index (χ3n) is 0. The Morgan fingerprint density at radius 2 is 1.25 bits per heavy atom. The molecule has 8 heavy (non-hydrogen) atoms. The van der Waals surface area contributed by atoms with Gasteiger partial charge in [-0.2, -0.15) is 0 Å². The molecule has 0 aromatic heterocycles. The van der Waals surface area contributed by atoms with Crippen LogP contribution in [0.1, 0.15) is 6.92 Å². The molecule has 0 bridgehead atoms. The van der Waals surface area contributed by atoms with Crippen LogP contribution in [0.3, 0.4) is 0 Å². The van der Waals surface area contributed by atoms with Crippen molar-refractivity contribution >= 4 is 5.97 Å². The van der Waals surface area contributed by atoms with Gasteiger partial charge in [-0.15, -0.1) is 0 Å². The molecular formula is C2H6Na2O4. The van der Waals surface area contributed by atoms with E-state index in [0.29, 0.717) is 0 Å². The van der Waals surface area contributed by atoms with Crippen molar-refractivity contribution in [3.8, 4) is 0 Å². The summed E-state index contributed by atoms with van der Waals surface area (Å²) in [6.07, 6.45) is 0. The quantitative estimate of drug-likeness (QED) is 0.338. The van der Waals surface area contributed by atoms with Gasteiger partial charge in [-0.3, -0.25) is 4.79 Å². The van der Waals surface area contributed by atoms with Crippen molar-refractivity contribution in [2.24, 2.45) is 0 Å². The molecule has 0 unspecified atom stereocenters.